The van der Waals surface area contributed by atoms with E-state index in [2.05, 4.69) is 15.2 Å². The fourth-order valence-electron chi connectivity index (χ4n) is 2.70. The van der Waals surface area contributed by atoms with E-state index in [4.69, 9.17) is 4.74 Å². The Bertz CT molecular complexity index is 825. The van der Waals surface area contributed by atoms with Crippen LogP contribution in [-0.4, -0.2) is 41.8 Å². The van der Waals surface area contributed by atoms with Gasteiger partial charge in [0.2, 0.25) is 0 Å². The SMILES string of the molecule is Cc1cc(=O)c(C(=O)NCc2cccc(N3CCOCC3)n2)cn1C. The molecule has 0 spiro atoms. The maximum Gasteiger partial charge on any atom is 0.257 e. The van der Waals surface area contributed by atoms with Crippen LogP contribution in [0.5, 0.6) is 0 Å². The lowest BCUT2D eigenvalue weighted by molar-refractivity contribution is 0.0948. The number of amides is 1. The second kappa shape index (κ2) is 7.48. The summed E-state index contributed by atoms with van der Waals surface area (Å²) in [6.45, 7) is 5.10. The molecule has 0 radical (unpaired) electrons. The van der Waals surface area contributed by atoms with Crippen LogP contribution in [0.1, 0.15) is 21.7 Å². The lowest BCUT2D eigenvalue weighted by Crippen LogP contribution is -2.37. The first-order chi connectivity index (χ1) is 12.0. The Morgan fingerprint density at radius 1 is 1.32 bits per heavy atom. The van der Waals surface area contributed by atoms with Crippen molar-refractivity contribution in [2.75, 3.05) is 31.2 Å². The molecule has 1 fully saturated rings. The Morgan fingerprint density at radius 3 is 2.84 bits per heavy atom. The van der Waals surface area contributed by atoms with E-state index in [1.54, 1.807) is 17.8 Å². The second-order valence-electron chi connectivity index (χ2n) is 6.07. The molecule has 1 saturated heterocycles. The molecule has 132 valence electrons. The standard InChI is InChI=1S/C18H22N4O3/c1-13-10-16(23)15(12-21(13)2)18(24)19-11-14-4-3-5-17(20-14)22-6-8-25-9-7-22/h3-5,10,12H,6-9,11H2,1-2H3,(H,19,24). The number of aryl methyl sites for hydroxylation is 2. The average Bonchev–Trinajstić information content (AvgIpc) is 2.64. The number of rotatable bonds is 4. The van der Waals surface area contributed by atoms with E-state index in [9.17, 15) is 9.59 Å². The lowest BCUT2D eigenvalue weighted by Gasteiger charge is -2.28. The van der Waals surface area contributed by atoms with E-state index in [1.807, 2.05) is 25.1 Å². The number of aromatic nitrogens is 2. The fraction of sp³-hybridized carbons (Fsp3) is 0.389. The van der Waals surface area contributed by atoms with Crippen molar-refractivity contribution in [3.8, 4) is 0 Å². The van der Waals surface area contributed by atoms with E-state index >= 15 is 0 Å². The number of nitrogens with one attached hydrogen (secondary N) is 1. The van der Waals surface area contributed by atoms with Crippen molar-refractivity contribution in [2.24, 2.45) is 7.05 Å². The first-order valence-corrected chi connectivity index (χ1v) is 8.29. The Balaban J connectivity index is 1.68. The normalized spacial score (nSPS) is 14.4. The van der Waals surface area contributed by atoms with Crippen molar-refractivity contribution < 1.29 is 9.53 Å². The van der Waals surface area contributed by atoms with E-state index in [1.165, 1.54) is 6.07 Å². The summed E-state index contributed by atoms with van der Waals surface area (Å²) in [5.41, 5.74) is 1.42. The van der Waals surface area contributed by atoms with Crippen LogP contribution >= 0.6 is 0 Å². The van der Waals surface area contributed by atoms with Crippen molar-refractivity contribution in [3.63, 3.8) is 0 Å². The summed E-state index contributed by atoms with van der Waals surface area (Å²) in [6.07, 6.45) is 1.56. The average molecular weight is 342 g/mol. The van der Waals surface area contributed by atoms with Crippen LogP contribution < -0.4 is 15.6 Å². The summed E-state index contributed by atoms with van der Waals surface area (Å²) in [7, 11) is 1.80. The lowest BCUT2D eigenvalue weighted by atomic mass is 10.2. The number of anilines is 1. The van der Waals surface area contributed by atoms with Crippen molar-refractivity contribution in [2.45, 2.75) is 13.5 Å². The van der Waals surface area contributed by atoms with Gasteiger partial charge in [-0.15, -0.1) is 0 Å². The molecule has 7 nitrogen and oxygen atoms in total. The topological polar surface area (TPSA) is 76.5 Å². The van der Waals surface area contributed by atoms with Gasteiger partial charge in [-0.3, -0.25) is 9.59 Å². The molecule has 1 aliphatic rings. The number of morpholine rings is 1. The quantitative estimate of drug-likeness (QED) is 0.892. The van der Waals surface area contributed by atoms with Gasteiger partial charge in [-0.25, -0.2) is 4.98 Å². The van der Waals surface area contributed by atoms with E-state index < -0.39 is 0 Å². The van der Waals surface area contributed by atoms with E-state index in [-0.39, 0.29) is 23.4 Å². The molecule has 3 rings (SSSR count). The molecule has 3 heterocycles. The summed E-state index contributed by atoms with van der Waals surface area (Å²) >= 11 is 0. The Hall–Kier alpha value is -2.67. The number of hydrogen-bond acceptors (Lipinski definition) is 5. The van der Waals surface area contributed by atoms with Gasteiger partial charge in [0.05, 0.1) is 25.5 Å². The van der Waals surface area contributed by atoms with Gasteiger partial charge in [-0.2, -0.15) is 0 Å². The molecule has 2 aromatic rings. The Labute approximate surface area is 146 Å². The number of carbonyl (C=O) groups excluding carboxylic acids is 1. The van der Waals surface area contributed by atoms with Crippen LogP contribution in [0, 0.1) is 6.92 Å². The van der Waals surface area contributed by atoms with Gasteiger partial charge in [0.1, 0.15) is 11.4 Å². The smallest absolute Gasteiger partial charge is 0.257 e. The number of hydrogen-bond donors (Lipinski definition) is 1. The zero-order valence-corrected chi connectivity index (χ0v) is 14.5. The summed E-state index contributed by atoms with van der Waals surface area (Å²) < 4.78 is 7.11. The van der Waals surface area contributed by atoms with Crippen molar-refractivity contribution >= 4 is 11.7 Å². The molecule has 25 heavy (non-hydrogen) atoms. The van der Waals surface area contributed by atoms with Gasteiger partial charge in [-0.05, 0) is 19.1 Å². The zero-order valence-electron chi connectivity index (χ0n) is 14.5. The summed E-state index contributed by atoms with van der Waals surface area (Å²) in [6, 6.07) is 7.19. The molecule has 2 aromatic heterocycles. The summed E-state index contributed by atoms with van der Waals surface area (Å²) in [5, 5.41) is 2.77. The van der Waals surface area contributed by atoms with Gasteiger partial charge in [0.25, 0.3) is 5.91 Å². The predicted molar refractivity (Wildman–Crippen MR) is 94.9 cm³/mol. The minimum absolute atomic E-state index is 0.137. The molecule has 1 aliphatic heterocycles. The van der Waals surface area contributed by atoms with E-state index in [0.29, 0.717) is 13.2 Å². The van der Waals surface area contributed by atoms with Crippen LogP contribution in [0.3, 0.4) is 0 Å². The molecule has 0 saturated carbocycles. The highest BCUT2D eigenvalue weighted by molar-refractivity contribution is 5.93. The van der Waals surface area contributed by atoms with Gasteiger partial charge < -0.3 is 19.5 Å². The third kappa shape index (κ3) is 4.06. The van der Waals surface area contributed by atoms with E-state index in [0.717, 1.165) is 30.3 Å². The first-order valence-electron chi connectivity index (χ1n) is 8.29. The number of carbonyl (C=O) groups is 1. The monoisotopic (exact) mass is 342 g/mol. The maximum absolute atomic E-state index is 12.3. The van der Waals surface area contributed by atoms with Crippen LogP contribution in [0.4, 0.5) is 5.82 Å². The molecular formula is C18H22N4O3. The largest absolute Gasteiger partial charge is 0.378 e. The van der Waals surface area contributed by atoms with Gasteiger partial charge in [0, 0.05) is 38.1 Å². The van der Waals surface area contributed by atoms with Gasteiger partial charge in [0.15, 0.2) is 5.43 Å². The summed E-state index contributed by atoms with van der Waals surface area (Å²) in [5.74, 6) is 0.487. The van der Waals surface area contributed by atoms with Crippen molar-refractivity contribution in [1.29, 1.82) is 0 Å². The molecule has 0 unspecified atom stereocenters. The first kappa shape index (κ1) is 17.2. The van der Waals surface area contributed by atoms with Crippen LogP contribution in [-0.2, 0) is 18.3 Å². The molecule has 1 amide bonds. The van der Waals surface area contributed by atoms with Crippen LogP contribution in [0.2, 0.25) is 0 Å². The number of ether oxygens (including phenoxy) is 1. The Kier molecular flexibility index (Phi) is 5.14. The Morgan fingerprint density at radius 2 is 2.08 bits per heavy atom. The third-order valence-electron chi connectivity index (χ3n) is 4.29. The van der Waals surface area contributed by atoms with Gasteiger partial charge in [-0.1, -0.05) is 6.07 Å². The van der Waals surface area contributed by atoms with Crippen LogP contribution in [0.15, 0.2) is 35.3 Å². The highest BCUT2D eigenvalue weighted by Gasteiger charge is 2.14. The molecule has 1 N–H and O–H groups in total. The molecule has 0 atom stereocenters. The highest BCUT2D eigenvalue weighted by atomic mass is 16.5. The molecular weight excluding hydrogens is 320 g/mol. The number of pyridine rings is 2. The highest BCUT2D eigenvalue weighted by Crippen LogP contribution is 2.13. The predicted octanol–water partition coefficient (Wildman–Crippen LogP) is 0.855. The molecule has 0 aromatic carbocycles. The van der Waals surface area contributed by atoms with Crippen molar-refractivity contribution in [3.05, 3.63) is 57.6 Å². The zero-order chi connectivity index (χ0) is 17.8. The molecule has 7 heteroatoms. The minimum Gasteiger partial charge on any atom is -0.378 e. The minimum atomic E-state index is -0.390. The van der Waals surface area contributed by atoms with Crippen molar-refractivity contribution in [1.82, 2.24) is 14.9 Å². The third-order valence-corrected chi connectivity index (χ3v) is 4.29. The second-order valence-corrected chi connectivity index (χ2v) is 6.07. The summed E-state index contributed by atoms with van der Waals surface area (Å²) in [4.78, 5) is 31.1. The van der Waals surface area contributed by atoms with Crippen LogP contribution in [0.25, 0.3) is 0 Å². The van der Waals surface area contributed by atoms with Gasteiger partial charge >= 0.3 is 0 Å². The number of nitrogens with zero attached hydrogens (tertiary/aromatic N) is 3. The molecule has 0 bridgehead atoms. The molecule has 0 aliphatic carbocycles. The fourth-order valence-corrected chi connectivity index (χ4v) is 2.70. The maximum atomic E-state index is 12.3.